The van der Waals surface area contributed by atoms with Crippen LogP contribution in [0.15, 0.2) is 0 Å². The van der Waals surface area contributed by atoms with E-state index in [-0.39, 0.29) is 16.9 Å². The van der Waals surface area contributed by atoms with Crippen LogP contribution in [0.4, 0.5) is 0 Å². The molecule has 0 bridgehead atoms. The van der Waals surface area contributed by atoms with Gasteiger partial charge in [-0.15, -0.1) is 31.5 Å². The van der Waals surface area contributed by atoms with E-state index in [2.05, 4.69) is 49.3 Å². The number of nitrogens with one attached hydrogen (secondary N) is 1. The fourth-order valence-electron chi connectivity index (χ4n) is 1.07. The van der Waals surface area contributed by atoms with E-state index in [4.69, 9.17) is 5.11 Å². The van der Waals surface area contributed by atoms with E-state index in [0.29, 0.717) is 12.3 Å². The molecule has 0 radical (unpaired) electrons. The fourth-order valence-corrected chi connectivity index (χ4v) is 1.97. The van der Waals surface area contributed by atoms with Gasteiger partial charge in [0.05, 0.1) is 0 Å². The van der Waals surface area contributed by atoms with Crippen LogP contribution in [-0.2, 0) is 4.79 Å². The van der Waals surface area contributed by atoms with Crippen molar-refractivity contribution in [2.24, 2.45) is 5.92 Å². The van der Waals surface area contributed by atoms with E-state index in [1.807, 2.05) is 0 Å². The van der Waals surface area contributed by atoms with Gasteiger partial charge in [-0.25, -0.2) is 0 Å². The molecule has 1 amide bonds. The van der Waals surface area contributed by atoms with Gasteiger partial charge < -0.3 is 10.3 Å². The molecule has 0 aliphatic heterocycles. The second-order valence-corrected chi connectivity index (χ2v) is 6.80. The Kier molecular flexibility index (Phi) is 9.91. The highest BCUT2D eigenvalue weighted by Crippen LogP contribution is 2.12. The number of thiol groups is 1. The third-order valence-electron chi connectivity index (χ3n) is 1.87. The predicted octanol–water partition coefficient (Wildman–Crippen LogP) is 1.11. The number of hydrogen-bond acceptors (Lipinski definition) is 3. The molecule has 0 fully saturated rings. The van der Waals surface area contributed by atoms with Crippen LogP contribution >= 0.6 is 44.1 Å². The lowest BCUT2D eigenvalue weighted by Gasteiger charge is -2.12. The highest BCUT2D eigenvalue weighted by atomic mass is 127. The summed E-state index contributed by atoms with van der Waals surface area (Å²) < 4.78 is 0.0902. The molecule has 0 spiro atoms. The van der Waals surface area contributed by atoms with E-state index in [1.54, 1.807) is 0 Å². The molecule has 0 aliphatic rings. The number of aliphatic hydroxyl groups is 1. The number of hydrogen-bond donors (Lipinski definition) is 3. The van der Waals surface area contributed by atoms with Gasteiger partial charge in [-0.1, -0.05) is 0 Å². The van der Waals surface area contributed by atoms with Gasteiger partial charge in [0.15, 0.2) is 0 Å². The molecule has 0 aromatic carbocycles. The summed E-state index contributed by atoms with van der Waals surface area (Å²) in [5.41, 5.74) is 0. The van der Waals surface area contributed by atoms with Crippen molar-refractivity contribution >= 4 is 54.5 Å². The minimum absolute atomic E-state index is 0.0594. The molecule has 0 aromatic rings. The summed E-state index contributed by atoms with van der Waals surface area (Å²) in [5, 5.41) is 11.5. The van der Waals surface area contributed by atoms with Gasteiger partial charge in [-0.2, -0.15) is 12.6 Å². The third-order valence-corrected chi connectivity index (χ3v) is 2.87. The average Bonchev–Trinajstić information content (AvgIpc) is 2.11. The topological polar surface area (TPSA) is 49.3 Å². The van der Waals surface area contributed by atoms with Crippen molar-refractivity contribution in [1.82, 2.24) is 5.23 Å². The summed E-state index contributed by atoms with van der Waals surface area (Å²) in [6.07, 6.45) is 2.04. The minimum atomic E-state index is 0.0594. The molecule has 0 heterocycles. The Bertz CT molecular complexity index is 176. The Balaban J connectivity index is 3.62. The fraction of sp³-hybridized carbons (Fsp3) is 0.857. The van der Waals surface area contributed by atoms with Crippen molar-refractivity contribution in [3.05, 3.63) is 0 Å². The zero-order chi connectivity index (χ0) is 11.0. The zero-order valence-electron chi connectivity index (χ0n) is 7.95. The van der Waals surface area contributed by atoms with E-state index >= 15 is 0 Å². The van der Waals surface area contributed by atoms with Crippen LogP contribution in [0.2, 0.25) is 0 Å². The smallest absolute Gasteiger partial charge is 0.349 e. The standard InChI is InChI=1S/C7H16BINO2PS/c9-8(13)10-7(12)2-1-6(5-14)3-4-11/h6,11,14H,1-5,13H2,(H,10,12). The molecule has 0 aliphatic carbocycles. The molecular formula is C7H16BINO2PS. The molecule has 0 saturated heterocycles. The van der Waals surface area contributed by atoms with Crippen molar-refractivity contribution in [3.63, 3.8) is 0 Å². The molecule has 0 saturated carbocycles. The highest BCUT2D eigenvalue weighted by Gasteiger charge is 2.11. The Morgan fingerprint density at radius 2 is 2.29 bits per heavy atom. The molecule has 0 rings (SSSR count). The minimum Gasteiger partial charge on any atom is -0.396 e. The lowest BCUT2D eigenvalue weighted by atomic mass is 10.0. The maximum Gasteiger partial charge on any atom is 0.349 e. The van der Waals surface area contributed by atoms with Crippen LogP contribution in [0, 0.1) is 5.92 Å². The molecule has 7 heteroatoms. The van der Waals surface area contributed by atoms with Crippen molar-refractivity contribution in [1.29, 1.82) is 0 Å². The Hall–Kier alpha value is 1.00. The first-order chi connectivity index (χ1) is 6.60. The van der Waals surface area contributed by atoms with E-state index < -0.39 is 0 Å². The number of amides is 1. The molecule has 2 atom stereocenters. The second kappa shape index (κ2) is 9.25. The number of carbonyl (C=O) groups excluding carboxylic acids is 1. The van der Waals surface area contributed by atoms with Crippen LogP contribution in [-0.4, -0.2) is 27.8 Å². The monoisotopic (exact) mass is 347 g/mol. The Labute approximate surface area is 107 Å². The van der Waals surface area contributed by atoms with E-state index in [1.165, 1.54) is 0 Å². The van der Waals surface area contributed by atoms with E-state index in [0.717, 1.165) is 18.6 Å². The highest BCUT2D eigenvalue weighted by molar-refractivity contribution is 14.1. The third kappa shape index (κ3) is 8.32. The van der Waals surface area contributed by atoms with Crippen molar-refractivity contribution in [2.75, 3.05) is 12.4 Å². The van der Waals surface area contributed by atoms with Crippen LogP contribution in [0.25, 0.3) is 0 Å². The molecular weight excluding hydrogens is 331 g/mol. The number of aliphatic hydroxyl groups excluding tert-OH is 1. The summed E-state index contributed by atoms with van der Waals surface area (Å²) >= 11 is 6.29. The summed E-state index contributed by atoms with van der Waals surface area (Å²) in [7, 11) is 2.51. The number of halogens is 1. The molecule has 14 heavy (non-hydrogen) atoms. The normalized spacial score (nSPS) is 12.3. The summed E-state index contributed by atoms with van der Waals surface area (Å²) in [6.45, 7) is 0.172. The largest absolute Gasteiger partial charge is 0.396 e. The zero-order valence-corrected chi connectivity index (χ0v) is 12.2. The van der Waals surface area contributed by atoms with Crippen molar-refractivity contribution in [2.45, 2.75) is 19.3 Å². The predicted molar refractivity (Wildman–Crippen MR) is 75.9 cm³/mol. The van der Waals surface area contributed by atoms with Crippen molar-refractivity contribution < 1.29 is 9.90 Å². The summed E-state index contributed by atoms with van der Waals surface area (Å²) in [6, 6.07) is 0. The van der Waals surface area contributed by atoms with Crippen LogP contribution in [0.3, 0.4) is 0 Å². The van der Waals surface area contributed by atoms with Gasteiger partial charge >= 0.3 is 4.42 Å². The molecule has 2 N–H and O–H groups in total. The van der Waals surface area contributed by atoms with Crippen molar-refractivity contribution in [3.8, 4) is 0 Å². The molecule has 82 valence electrons. The Morgan fingerprint density at radius 1 is 1.64 bits per heavy atom. The van der Waals surface area contributed by atoms with Gasteiger partial charge in [-0.3, -0.25) is 4.79 Å². The second-order valence-electron chi connectivity index (χ2n) is 3.07. The van der Waals surface area contributed by atoms with Crippen LogP contribution in [0.1, 0.15) is 19.3 Å². The summed E-state index contributed by atoms with van der Waals surface area (Å²) in [5.74, 6) is 1.12. The van der Waals surface area contributed by atoms with E-state index in [9.17, 15) is 4.79 Å². The first-order valence-corrected chi connectivity index (χ1v) is 7.05. The molecule has 2 unspecified atom stereocenters. The van der Waals surface area contributed by atoms with Gasteiger partial charge in [0.1, 0.15) is 0 Å². The Morgan fingerprint density at radius 3 is 2.71 bits per heavy atom. The van der Waals surface area contributed by atoms with Gasteiger partial charge in [0.2, 0.25) is 5.91 Å². The summed E-state index contributed by atoms with van der Waals surface area (Å²) in [4.78, 5) is 11.3. The first kappa shape index (κ1) is 15.0. The quantitative estimate of drug-likeness (QED) is 0.280. The molecule has 0 aromatic heterocycles. The van der Waals surface area contributed by atoms with Crippen LogP contribution < -0.4 is 5.23 Å². The number of carbonyl (C=O) groups is 1. The molecule has 3 nitrogen and oxygen atoms in total. The number of rotatable bonds is 7. The lowest BCUT2D eigenvalue weighted by molar-refractivity contribution is -0.119. The lowest BCUT2D eigenvalue weighted by Crippen LogP contribution is -2.30. The van der Waals surface area contributed by atoms with Gasteiger partial charge in [-0.05, 0) is 24.5 Å². The maximum absolute atomic E-state index is 11.3. The van der Waals surface area contributed by atoms with Gasteiger partial charge in [0.25, 0.3) is 0 Å². The first-order valence-electron chi connectivity index (χ1n) is 4.51. The van der Waals surface area contributed by atoms with Gasteiger partial charge in [0, 0.05) is 13.0 Å². The van der Waals surface area contributed by atoms with Crippen LogP contribution in [0.5, 0.6) is 0 Å². The maximum atomic E-state index is 11.3. The SMILES string of the molecule is O=C(CCC(CS)CCO)NB(P)I. The average molecular weight is 347 g/mol.